The van der Waals surface area contributed by atoms with Crippen molar-refractivity contribution < 1.29 is 4.79 Å². The number of nitrogens with zero attached hydrogens (tertiary/aromatic N) is 3. The molecule has 1 saturated heterocycles. The zero-order valence-corrected chi connectivity index (χ0v) is 10.4. The Kier molecular flexibility index (Phi) is 3.73. The summed E-state index contributed by atoms with van der Waals surface area (Å²) < 4.78 is 0. The number of hydrogen-bond acceptors (Lipinski definition) is 4. The van der Waals surface area contributed by atoms with Crippen molar-refractivity contribution in [3.8, 4) is 0 Å². The minimum Gasteiger partial charge on any atom is -0.331 e. The van der Waals surface area contributed by atoms with E-state index in [0.717, 1.165) is 38.3 Å². The van der Waals surface area contributed by atoms with E-state index in [4.69, 9.17) is 0 Å². The van der Waals surface area contributed by atoms with E-state index in [0.29, 0.717) is 5.82 Å². The number of aromatic amines is 1. The lowest BCUT2D eigenvalue weighted by Gasteiger charge is -2.33. The Morgan fingerprint density at radius 1 is 1.59 bits per heavy atom. The zero-order chi connectivity index (χ0) is 12.3. The van der Waals surface area contributed by atoms with E-state index < -0.39 is 0 Å². The van der Waals surface area contributed by atoms with Crippen molar-refractivity contribution in [1.82, 2.24) is 25.4 Å². The van der Waals surface area contributed by atoms with Gasteiger partial charge in [0, 0.05) is 32.1 Å². The number of aryl methyl sites for hydroxylation is 1. The molecule has 94 valence electrons. The zero-order valence-electron chi connectivity index (χ0n) is 10.4. The highest BCUT2D eigenvalue weighted by atomic mass is 16.2. The van der Waals surface area contributed by atoms with Crippen LogP contribution in [0.3, 0.4) is 0 Å². The van der Waals surface area contributed by atoms with E-state index in [1.807, 2.05) is 11.8 Å². The molecule has 1 aromatic heterocycles. The maximum Gasteiger partial charge on any atom is 0.293 e. The van der Waals surface area contributed by atoms with Crippen molar-refractivity contribution in [2.24, 2.45) is 0 Å². The Balaban J connectivity index is 2.07. The van der Waals surface area contributed by atoms with Gasteiger partial charge in [-0.3, -0.25) is 9.89 Å². The molecular weight excluding hydrogens is 218 g/mol. The third-order valence-corrected chi connectivity index (χ3v) is 2.97. The van der Waals surface area contributed by atoms with Crippen LogP contribution in [0.15, 0.2) is 0 Å². The summed E-state index contributed by atoms with van der Waals surface area (Å²) >= 11 is 0. The van der Waals surface area contributed by atoms with Crippen molar-refractivity contribution in [2.75, 3.05) is 19.6 Å². The molecule has 1 fully saturated rings. The fraction of sp³-hybridized carbons (Fsp3) is 0.727. The van der Waals surface area contributed by atoms with Gasteiger partial charge in [-0.1, -0.05) is 6.92 Å². The molecule has 0 aliphatic carbocycles. The first-order valence-corrected chi connectivity index (χ1v) is 6.15. The van der Waals surface area contributed by atoms with E-state index in [2.05, 4.69) is 27.4 Å². The number of rotatable bonds is 3. The number of piperazine rings is 1. The van der Waals surface area contributed by atoms with Gasteiger partial charge in [0.2, 0.25) is 5.82 Å². The maximum absolute atomic E-state index is 12.2. The third-order valence-electron chi connectivity index (χ3n) is 2.97. The Bertz CT molecular complexity index is 389. The van der Waals surface area contributed by atoms with Gasteiger partial charge in [-0.2, -0.15) is 0 Å². The van der Waals surface area contributed by atoms with Crippen molar-refractivity contribution in [1.29, 1.82) is 0 Å². The number of hydrogen-bond donors (Lipinski definition) is 2. The molecule has 1 amide bonds. The molecule has 2 N–H and O–H groups in total. The molecule has 0 saturated carbocycles. The number of carbonyl (C=O) groups is 1. The maximum atomic E-state index is 12.2. The highest BCUT2D eigenvalue weighted by Crippen LogP contribution is 2.07. The summed E-state index contributed by atoms with van der Waals surface area (Å²) in [6.45, 7) is 6.49. The van der Waals surface area contributed by atoms with Crippen molar-refractivity contribution in [2.45, 2.75) is 32.7 Å². The van der Waals surface area contributed by atoms with Crippen LogP contribution in [-0.2, 0) is 6.42 Å². The minimum atomic E-state index is -0.0717. The summed E-state index contributed by atoms with van der Waals surface area (Å²) in [4.78, 5) is 18.2. The third kappa shape index (κ3) is 2.63. The predicted octanol–water partition coefficient (Wildman–Crippen LogP) is 0.191. The number of amides is 1. The molecule has 6 nitrogen and oxygen atoms in total. The lowest BCUT2D eigenvalue weighted by Crippen LogP contribution is -2.52. The second-order valence-electron chi connectivity index (χ2n) is 4.41. The van der Waals surface area contributed by atoms with Crippen LogP contribution in [0.2, 0.25) is 0 Å². The standard InChI is InChI=1S/C11H19N5O/c1-3-4-9-13-10(15-14-9)11(17)16-6-5-12-7-8(16)2/h8,12H,3-7H2,1-2H3,(H,13,14,15)/t8-/m0/s1. The Labute approximate surface area is 101 Å². The molecule has 17 heavy (non-hydrogen) atoms. The van der Waals surface area contributed by atoms with Gasteiger partial charge in [0.05, 0.1) is 0 Å². The highest BCUT2D eigenvalue weighted by Gasteiger charge is 2.26. The van der Waals surface area contributed by atoms with E-state index >= 15 is 0 Å². The van der Waals surface area contributed by atoms with Crippen molar-refractivity contribution in [3.63, 3.8) is 0 Å². The number of nitrogens with one attached hydrogen (secondary N) is 2. The summed E-state index contributed by atoms with van der Waals surface area (Å²) in [6, 6.07) is 0.198. The number of H-pyrrole nitrogens is 1. The molecule has 1 aliphatic rings. The minimum absolute atomic E-state index is 0.0717. The predicted molar refractivity (Wildman–Crippen MR) is 63.7 cm³/mol. The van der Waals surface area contributed by atoms with Gasteiger partial charge in [0.25, 0.3) is 5.91 Å². The second-order valence-corrected chi connectivity index (χ2v) is 4.41. The van der Waals surface area contributed by atoms with E-state index in [9.17, 15) is 4.79 Å². The summed E-state index contributed by atoms with van der Waals surface area (Å²) in [5.74, 6) is 1.01. The first-order chi connectivity index (χ1) is 8.22. The fourth-order valence-electron chi connectivity index (χ4n) is 2.01. The molecule has 0 bridgehead atoms. The highest BCUT2D eigenvalue weighted by molar-refractivity contribution is 5.90. The normalized spacial score (nSPS) is 20.6. The van der Waals surface area contributed by atoms with E-state index in [-0.39, 0.29) is 11.9 Å². The average molecular weight is 237 g/mol. The number of carbonyl (C=O) groups excluding carboxylic acids is 1. The molecule has 0 aromatic carbocycles. The summed E-state index contributed by atoms with van der Waals surface area (Å²) in [5, 5.41) is 10.1. The smallest absolute Gasteiger partial charge is 0.293 e. The summed E-state index contributed by atoms with van der Waals surface area (Å²) in [6.07, 6.45) is 1.82. The van der Waals surface area contributed by atoms with Crippen LogP contribution in [0.1, 0.15) is 36.7 Å². The molecule has 6 heteroatoms. The topological polar surface area (TPSA) is 73.9 Å². The molecule has 2 heterocycles. The largest absolute Gasteiger partial charge is 0.331 e. The molecule has 1 aromatic rings. The SMILES string of the molecule is CCCc1nc(C(=O)N2CCNC[C@@H]2C)n[nH]1. The Morgan fingerprint density at radius 3 is 3.12 bits per heavy atom. The monoisotopic (exact) mass is 237 g/mol. The van der Waals surface area contributed by atoms with Gasteiger partial charge >= 0.3 is 0 Å². The Hall–Kier alpha value is -1.43. The average Bonchev–Trinajstić information content (AvgIpc) is 2.78. The van der Waals surface area contributed by atoms with Gasteiger partial charge in [0.1, 0.15) is 5.82 Å². The van der Waals surface area contributed by atoms with Gasteiger partial charge in [-0.05, 0) is 13.3 Å². The first kappa shape index (κ1) is 12.0. The van der Waals surface area contributed by atoms with Crippen molar-refractivity contribution in [3.05, 3.63) is 11.6 Å². The summed E-state index contributed by atoms with van der Waals surface area (Å²) in [5.41, 5.74) is 0. The van der Waals surface area contributed by atoms with Crippen LogP contribution in [0.5, 0.6) is 0 Å². The lowest BCUT2D eigenvalue weighted by atomic mass is 10.2. The molecule has 1 aliphatic heterocycles. The molecular formula is C11H19N5O. The van der Waals surface area contributed by atoms with Crippen LogP contribution in [0, 0.1) is 0 Å². The van der Waals surface area contributed by atoms with Gasteiger partial charge in [-0.25, -0.2) is 4.98 Å². The van der Waals surface area contributed by atoms with Crippen LogP contribution in [0.4, 0.5) is 0 Å². The summed E-state index contributed by atoms with van der Waals surface area (Å²) in [7, 11) is 0. The van der Waals surface area contributed by atoms with Crippen LogP contribution in [0.25, 0.3) is 0 Å². The second kappa shape index (κ2) is 5.27. The molecule has 0 unspecified atom stereocenters. The van der Waals surface area contributed by atoms with Crippen LogP contribution >= 0.6 is 0 Å². The van der Waals surface area contributed by atoms with Crippen LogP contribution < -0.4 is 5.32 Å². The fourth-order valence-corrected chi connectivity index (χ4v) is 2.01. The Morgan fingerprint density at radius 2 is 2.41 bits per heavy atom. The quantitative estimate of drug-likeness (QED) is 0.787. The lowest BCUT2D eigenvalue weighted by molar-refractivity contribution is 0.0643. The molecule has 0 spiro atoms. The molecule has 1 atom stereocenters. The molecule has 2 rings (SSSR count). The van der Waals surface area contributed by atoms with Crippen molar-refractivity contribution >= 4 is 5.91 Å². The van der Waals surface area contributed by atoms with Crippen LogP contribution in [-0.4, -0.2) is 51.7 Å². The number of aromatic nitrogens is 3. The van der Waals surface area contributed by atoms with E-state index in [1.54, 1.807) is 0 Å². The van der Waals surface area contributed by atoms with Gasteiger partial charge < -0.3 is 10.2 Å². The molecule has 0 radical (unpaired) electrons. The first-order valence-electron chi connectivity index (χ1n) is 6.15. The van der Waals surface area contributed by atoms with Gasteiger partial charge in [0.15, 0.2) is 0 Å². The van der Waals surface area contributed by atoms with Gasteiger partial charge in [-0.15, -0.1) is 5.10 Å². The van der Waals surface area contributed by atoms with E-state index in [1.165, 1.54) is 0 Å².